The van der Waals surface area contributed by atoms with Crippen molar-refractivity contribution in [3.8, 4) is 0 Å². The first-order valence-corrected chi connectivity index (χ1v) is 7.32. The summed E-state index contributed by atoms with van der Waals surface area (Å²) in [5.74, 6) is -0.571. The van der Waals surface area contributed by atoms with Crippen LogP contribution in [0.2, 0.25) is 0 Å². The molecule has 0 aromatic heterocycles. The van der Waals surface area contributed by atoms with Crippen molar-refractivity contribution in [3.05, 3.63) is 35.9 Å². The van der Waals surface area contributed by atoms with Gasteiger partial charge in [0.05, 0.1) is 0 Å². The fraction of sp³-hybridized carbons (Fsp3) is 0.400. The fourth-order valence-corrected chi connectivity index (χ4v) is 2.69. The molecule has 2 saturated heterocycles. The second kappa shape index (κ2) is 6.15. The Morgan fingerprint density at radius 1 is 1.14 bits per heavy atom. The van der Waals surface area contributed by atoms with Crippen molar-refractivity contribution in [2.75, 3.05) is 32.7 Å². The third kappa shape index (κ3) is 2.80. The zero-order valence-electron chi connectivity index (χ0n) is 12.1. The number of urea groups is 1. The Bertz CT molecular complexity index is 584. The summed E-state index contributed by atoms with van der Waals surface area (Å²) in [5.41, 5.74) is 0.720. The van der Waals surface area contributed by atoms with Crippen LogP contribution in [-0.4, -0.2) is 60.4 Å². The van der Waals surface area contributed by atoms with Crippen LogP contribution in [0.3, 0.4) is 0 Å². The van der Waals surface area contributed by atoms with Gasteiger partial charge in [0.1, 0.15) is 12.6 Å². The minimum absolute atomic E-state index is 0.196. The number of carbonyl (C=O) groups is 3. The van der Waals surface area contributed by atoms with Crippen LogP contribution in [0, 0.1) is 0 Å². The van der Waals surface area contributed by atoms with Gasteiger partial charge in [0.15, 0.2) is 0 Å². The molecule has 2 fully saturated rings. The molecule has 7 nitrogen and oxygen atoms in total. The van der Waals surface area contributed by atoms with Crippen LogP contribution >= 0.6 is 0 Å². The summed E-state index contributed by atoms with van der Waals surface area (Å²) in [4.78, 5) is 39.3. The molecule has 3 rings (SSSR count). The number of nitrogens with zero attached hydrogens (tertiary/aromatic N) is 2. The maximum absolute atomic E-state index is 12.4. The third-order valence-corrected chi connectivity index (χ3v) is 3.92. The van der Waals surface area contributed by atoms with Gasteiger partial charge in [-0.25, -0.2) is 4.79 Å². The molecule has 2 aliphatic heterocycles. The average molecular weight is 302 g/mol. The van der Waals surface area contributed by atoms with E-state index >= 15 is 0 Å². The predicted octanol–water partition coefficient (Wildman–Crippen LogP) is -0.289. The van der Waals surface area contributed by atoms with Crippen molar-refractivity contribution in [1.82, 2.24) is 20.4 Å². The van der Waals surface area contributed by atoms with Crippen LogP contribution < -0.4 is 10.6 Å². The molecule has 0 bridgehead atoms. The second-order valence-electron chi connectivity index (χ2n) is 5.35. The Morgan fingerprint density at radius 2 is 1.82 bits per heavy atom. The lowest BCUT2D eigenvalue weighted by molar-refractivity contribution is -0.137. The molecular weight excluding hydrogens is 284 g/mol. The molecule has 2 N–H and O–H groups in total. The molecule has 1 unspecified atom stereocenters. The third-order valence-electron chi connectivity index (χ3n) is 3.92. The highest BCUT2D eigenvalue weighted by atomic mass is 16.2. The molecule has 0 aliphatic carbocycles. The van der Waals surface area contributed by atoms with Crippen molar-refractivity contribution >= 4 is 17.8 Å². The summed E-state index contributed by atoms with van der Waals surface area (Å²) in [7, 11) is 0. The van der Waals surface area contributed by atoms with E-state index in [4.69, 9.17) is 0 Å². The number of benzene rings is 1. The number of nitrogens with one attached hydrogen (secondary N) is 2. The number of carbonyl (C=O) groups excluding carboxylic acids is 3. The van der Waals surface area contributed by atoms with Crippen LogP contribution in [0.4, 0.5) is 4.79 Å². The zero-order valence-corrected chi connectivity index (χ0v) is 12.1. The summed E-state index contributed by atoms with van der Waals surface area (Å²) in [6, 6.07) is 7.81. The van der Waals surface area contributed by atoms with Crippen molar-refractivity contribution in [2.24, 2.45) is 0 Å². The lowest BCUT2D eigenvalue weighted by Gasteiger charge is -2.28. The molecule has 1 atom stereocenters. The quantitative estimate of drug-likeness (QED) is 0.752. The first-order valence-electron chi connectivity index (χ1n) is 7.32. The summed E-state index contributed by atoms with van der Waals surface area (Å²) in [5, 5.41) is 5.79. The van der Waals surface area contributed by atoms with Crippen molar-refractivity contribution < 1.29 is 14.4 Å². The molecule has 1 aromatic rings. The van der Waals surface area contributed by atoms with Gasteiger partial charge in [-0.2, -0.15) is 0 Å². The maximum Gasteiger partial charge on any atom is 0.325 e. The summed E-state index contributed by atoms with van der Waals surface area (Å²) in [6.45, 7) is 2.47. The van der Waals surface area contributed by atoms with E-state index < -0.39 is 12.1 Å². The summed E-state index contributed by atoms with van der Waals surface area (Å²) < 4.78 is 0. The molecule has 4 amide bonds. The molecule has 0 saturated carbocycles. The van der Waals surface area contributed by atoms with E-state index in [0.717, 1.165) is 23.6 Å². The minimum Gasteiger partial charge on any atom is -0.339 e. The van der Waals surface area contributed by atoms with Crippen molar-refractivity contribution in [1.29, 1.82) is 0 Å². The molecule has 2 heterocycles. The maximum atomic E-state index is 12.4. The molecule has 7 heteroatoms. The number of amides is 4. The molecule has 2 aliphatic rings. The minimum atomic E-state index is -0.704. The highest BCUT2D eigenvalue weighted by Crippen LogP contribution is 2.21. The normalized spacial score (nSPS) is 21.9. The van der Waals surface area contributed by atoms with E-state index in [2.05, 4.69) is 10.6 Å². The van der Waals surface area contributed by atoms with Crippen LogP contribution in [0.25, 0.3) is 0 Å². The monoisotopic (exact) mass is 302 g/mol. The van der Waals surface area contributed by atoms with Gasteiger partial charge in [0.2, 0.25) is 5.91 Å². The highest BCUT2D eigenvalue weighted by molar-refractivity contribution is 6.06. The molecule has 22 heavy (non-hydrogen) atoms. The Hall–Kier alpha value is -2.41. The van der Waals surface area contributed by atoms with Gasteiger partial charge in [0, 0.05) is 26.2 Å². The Balaban J connectivity index is 1.68. The SMILES string of the molecule is O=C(CN1C(=O)NC(c2ccccc2)C1=O)N1CCNCC1. The number of piperazine rings is 1. The predicted molar refractivity (Wildman–Crippen MR) is 78.9 cm³/mol. The zero-order chi connectivity index (χ0) is 15.5. The van der Waals surface area contributed by atoms with E-state index in [-0.39, 0.29) is 18.4 Å². The largest absolute Gasteiger partial charge is 0.339 e. The highest BCUT2D eigenvalue weighted by Gasteiger charge is 2.40. The van der Waals surface area contributed by atoms with E-state index in [1.54, 1.807) is 17.0 Å². The van der Waals surface area contributed by atoms with E-state index in [1.807, 2.05) is 18.2 Å². The molecule has 1 aromatic carbocycles. The van der Waals surface area contributed by atoms with Crippen LogP contribution in [-0.2, 0) is 9.59 Å². The van der Waals surface area contributed by atoms with Gasteiger partial charge in [-0.3, -0.25) is 14.5 Å². The van der Waals surface area contributed by atoms with E-state index in [0.29, 0.717) is 13.1 Å². The van der Waals surface area contributed by atoms with Crippen molar-refractivity contribution in [3.63, 3.8) is 0 Å². The summed E-state index contributed by atoms with van der Waals surface area (Å²) >= 11 is 0. The molecule has 0 radical (unpaired) electrons. The smallest absolute Gasteiger partial charge is 0.325 e. The van der Waals surface area contributed by atoms with Gasteiger partial charge < -0.3 is 15.5 Å². The van der Waals surface area contributed by atoms with Crippen LogP contribution in [0.5, 0.6) is 0 Å². The van der Waals surface area contributed by atoms with Gasteiger partial charge >= 0.3 is 6.03 Å². The Morgan fingerprint density at radius 3 is 2.50 bits per heavy atom. The van der Waals surface area contributed by atoms with Crippen LogP contribution in [0.1, 0.15) is 11.6 Å². The number of hydrogen-bond acceptors (Lipinski definition) is 4. The lowest BCUT2D eigenvalue weighted by Crippen LogP contribution is -2.50. The number of hydrogen-bond donors (Lipinski definition) is 2. The molecule has 0 spiro atoms. The number of rotatable bonds is 3. The fourth-order valence-electron chi connectivity index (χ4n) is 2.69. The van der Waals surface area contributed by atoms with Gasteiger partial charge in [-0.1, -0.05) is 30.3 Å². The Kier molecular flexibility index (Phi) is 4.06. The standard InChI is InChI=1S/C15H18N4O3/c20-12(18-8-6-16-7-9-18)10-19-14(21)13(17-15(19)22)11-4-2-1-3-5-11/h1-5,13,16H,6-10H2,(H,17,22). The van der Waals surface area contributed by atoms with Crippen LogP contribution in [0.15, 0.2) is 30.3 Å². The summed E-state index contributed by atoms with van der Waals surface area (Å²) in [6.07, 6.45) is 0. The van der Waals surface area contributed by atoms with Gasteiger partial charge in [0.25, 0.3) is 5.91 Å². The Labute approximate surface area is 128 Å². The van der Waals surface area contributed by atoms with E-state index in [1.165, 1.54) is 0 Å². The molecular formula is C15H18N4O3. The van der Waals surface area contributed by atoms with Crippen molar-refractivity contribution in [2.45, 2.75) is 6.04 Å². The first-order chi connectivity index (χ1) is 10.7. The van der Waals surface area contributed by atoms with E-state index in [9.17, 15) is 14.4 Å². The first kappa shape index (κ1) is 14.5. The van der Waals surface area contributed by atoms with Gasteiger partial charge in [-0.15, -0.1) is 0 Å². The number of imide groups is 1. The second-order valence-corrected chi connectivity index (χ2v) is 5.35. The van der Waals surface area contributed by atoms with Gasteiger partial charge in [-0.05, 0) is 5.56 Å². The lowest BCUT2D eigenvalue weighted by atomic mass is 10.1. The topological polar surface area (TPSA) is 81.8 Å². The average Bonchev–Trinajstić information content (AvgIpc) is 2.84. The molecule has 116 valence electrons.